The lowest BCUT2D eigenvalue weighted by molar-refractivity contribution is -0.123. The molecule has 4 nitrogen and oxygen atoms in total. The highest BCUT2D eigenvalue weighted by Crippen LogP contribution is 2.17. The van der Waals surface area contributed by atoms with Crippen LogP contribution >= 0.6 is 11.6 Å². The van der Waals surface area contributed by atoms with Gasteiger partial charge in [-0.3, -0.25) is 4.79 Å². The Labute approximate surface area is 141 Å². The Morgan fingerprint density at radius 3 is 2.57 bits per heavy atom. The number of hydrogen-bond donors (Lipinski definition) is 1. The lowest BCUT2D eigenvalue weighted by Gasteiger charge is -2.07. The van der Waals surface area contributed by atoms with Gasteiger partial charge in [-0.25, -0.2) is 5.43 Å². The van der Waals surface area contributed by atoms with Crippen LogP contribution in [-0.2, 0) is 4.79 Å². The maximum Gasteiger partial charge on any atom is 0.277 e. The molecule has 0 atom stereocenters. The molecule has 0 fully saturated rings. The van der Waals surface area contributed by atoms with Crippen molar-refractivity contribution in [2.24, 2.45) is 5.10 Å². The molecule has 1 amide bonds. The molecule has 0 bridgehead atoms. The summed E-state index contributed by atoms with van der Waals surface area (Å²) in [6, 6.07) is 11.1. The fraction of sp³-hybridized carbons (Fsp3) is 0.222. The average molecular weight is 331 g/mol. The molecule has 2 aromatic rings. The van der Waals surface area contributed by atoms with Gasteiger partial charge in [0, 0.05) is 10.6 Å². The minimum Gasteiger partial charge on any atom is -0.484 e. The predicted octanol–water partition coefficient (Wildman–Crippen LogP) is 3.79. The van der Waals surface area contributed by atoms with Crippen LogP contribution in [0.25, 0.3) is 0 Å². The summed E-state index contributed by atoms with van der Waals surface area (Å²) < 4.78 is 5.34. The molecule has 0 aliphatic carbocycles. The normalized spacial score (nSPS) is 10.8. The quantitative estimate of drug-likeness (QED) is 0.669. The van der Waals surface area contributed by atoms with Crippen LogP contribution < -0.4 is 10.2 Å². The van der Waals surface area contributed by atoms with E-state index in [9.17, 15) is 4.79 Å². The molecule has 0 aliphatic rings. The second kappa shape index (κ2) is 7.79. The second-order valence-corrected chi connectivity index (χ2v) is 5.79. The summed E-state index contributed by atoms with van der Waals surface area (Å²) in [5, 5.41) is 4.55. The highest BCUT2D eigenvalue weighted by molar-refractivity contribution is 6.30. The van der Waals surface area contributed by atoms with Gasteiger partial charge in [0.25, 0.3) is 5.91 Å². The van der Waals surface area contributed by atoms with Crippen molar-refractivity contribution in [2.45, 2.75) is 20.8 Å². The Bertz CT molecular complexity index is 719. The third-order valence-electron chi connectivity index (χ3n) is 3.29. The largest absolute Gasteiger partial charge is 0.484 e. The van der Waals surface area contributed by atoms with E-state index in [1.54, 1.807) is 30.5 Å². The van der Waals surface area contributed by atoms with E-state index in [0.717, 1.165) is 16.7 Å². The van der Waals surface area contributed by atoms with Gasteiger partial charge < -0.3 is 4.74 Å². The minimum atomic E-state index is -0.330. The van der Waals surface area contributed by atoms with Crippen molar-refractivity contribution in [2.75, 3.05) is 6.61 Å². The van der Waals surface area contributed by atoms with E-state index in [0.29, 0.717) is 10.8 Å². The van der Waals surface area contributed by atoms with Crippen LogP contribution in [0.4, 0.5) is 0 Å². The zero-order valence-corrected chi connectivity index (χ0v) is 14.1. The number of nitrogens with one attached hydrogen (secondary N) is 1. The van der Waals surface area contributed by atoms with E-state index in [1.165, 1.54) is 5.56 Å². The number of nitrogens with zero attached hydrogens (tertiary/aromatic N) is 1. The zero-order valence-electron chi connectivity index (χ0n) is 13.4. The van der Waals surface area contributed by atoms with E-state index in [1.807, 2.05) is 13.8 Å². The van der Waals surface area contributed by atoms with Crippen molar-refractivity contribution in [3.05, 3.63) is 63.7 Å². The Morgan fingerprint density at radius 1 is 1.22 bits per heavy atom. The molecule has 0 saturated heterocycles. The summed E-state index contributed by atoms with van der Waals surface area (Å²) in [6.07, 6.45) is 1.65. The molecule has 0 aromatic heterocycles. The van der Waals surface area contributed by atoms with Gasteiger partial charge >= 0.3 is 0 Å². The maximum absolute atomic E-state index is 11.7. The zero-order chi connectivity index (χ0) is 16.8. The number of hydrazone groups is 1. The number of carbonyl (C=O) groups is 1. The van der Waals surface area contributed by atoms with Gasteiger partial charge in [0.05, 0.1) is 6.21 Å². The minimum absolute atomic E-state index is 0.121. The van der Waals surface area contributed by atoms with Gasteiger partial charge in [-0.05, 0) is 50.1 Å². The number of benzene rings is 2. The fourth-order valence-corrected chi connectivity index (χ4v) is 2.48. The van der Waals surface area contributed by atoms with Crippen molar-refractivity contribution >= 4 is 23.7 Å². The SMILES string of the molecule is Cc1cc(C)c(C=NNC(=O)COc2cccc(Cl)c2)c(C)c1. The van der Waals surface area contributed by atoms with Gasteiger partial charge in [0.2, 0.25) is 0 Å². The topological polar surface area (TPSA) is 50.7 Å². The molecule has 0 aliphatic heterocycles. The summed E-state index contributed by atoms with van der Waals surface area (Å²) >= 11 is 5.85. The molecule has 0 unspecified atom stereocenters. The molecule has 0 saturated carbocycles. The van der Waals surface area contributed by atoms with Crippen LogP contribution in [0.2, 0.25) is 5.02 Å². The molecule has 1 N–H and O–H groups in total. The third-order valence-corrected chi connectivity index (χ3v) is 3.52. The number of aryl methyl sites for hydroxylation is 3. The fourth-order valence-electron chi connectivity index (χ4n) is 2.30. The first-order chi connectivity index (χ1) is 11.0. The van der Waals surface area contributed by atoms with Crippen molar-refractivity contribution < 1.29 is 9.53 Å². The highest BCUT2D eigenvalue weighted by Gasteiger charge is 2.03. The molecule has 5 heteroatoms. The van der Waals surface area contributed by atoms with Gasteiger partial charge in [0.15, 0.2) is 6.61 Å². The van der Waals surface area contributed by atoms with Gasteiger partial charge in [-0.15, -0.1) is 0 Å². The van der Waals surface area contributed by atoms with Crippen molar-refractivity contribution in [1.29, 1.82) is 0 Å². The van der Waals surface area contributed by atoms with E-state index >= 15 is 0 Å². The Hall–Kier alpha value is -2.33. The standard InChI is InChI=1S/C18H19ClN2O2/c1-12-7-13(2)17(14(3)8-12)10-20-21-18(22)11-23-16-6-4-5-15(19)9-16/h4-10H,11H2,1-3H3,(H,21,22). The molecule has 0 spiro atoms. The van der Waals surface area contributed by atoms with E-state index < -0.39 is 0 Å². The van der Waals surface area contributed by atoms with Crippen molar-refractivity contribution in [3.8, 4) is 5.75 Å². The van der Waals surface area contributed by atoms with Crippen LogP contribution in [0.5, 0.6) is 5.75 Å². The monoisotopic (exact) mass is 330 g/mol. The summed E-state index contributed by atoms with van der Waals surface area (Å²) in [7, 11) is 0. The average Bonchev–Trinajstić information content (AvgIpc) is 2.48. The second-order valence-electron chi connectivity index (χ2n) is 5.35. The summed E-state index contributed by atoms with van der Waals surface area (Å²) in [5.41, 5.74) is 6.91. The number of carbonyl (C=O) groups excluding carboxylic acids is 1. The highest BCUT2D eigenvalue weighted by atomic mass is 35.5. The van der Waals surface area contributed by atoms with Crippen molar-refractivity contribution in [3.63, 3.8) is 0 Å². The molecule has 0 radical (unpaired) electrons. The molecule has 2 aromatic carbocycles. The maximum atomic E-state index is 11.7. The van der Waals surface area contributed by atoms with Crippen LogP contribution in [0.3, 0.4) is 0 Å². The van der Waals surface area contributed by atoms with Gasteiger partial charge in [-0.1, -0.05) is 35.4 Å². The summed E-state index contributed by atoms with van der Waals surface area (Å²) in [4.78, 5) is 11.7. The predicted molar refractivity (Wildman–Crippen MR) is 93.3 cm³/mol. The first-order valence-electron chi connectivity index (χ1n) is 7.24. The van der Waals surface area contributed by atoms with Crippen LogP contribution in [-0.4, -0.2) is 18.7 Å². The molecule has 23 heavy (non-hydrogen) atoms. The van der Waals surface area contributed by atoms with Crippen molar-refractivity contribution in [1.82, 2.24) is 5.43 Å². The van der Waals surface area contributed by atoms with E-state index in [-0.39, 0.29) is 12.5 Å². The number of amides is 1. The molecule has 0 heterocycles. The summed E-state index contributed by atoms with van der Waals surface area (Å²) in [6.45, 7) is 5.97. The first-order valence-corrected chi connectivity index (χ1v) is 7.61. The van der Waals surface area contributed by atoms with Gasteiger partial charge in [-0.2, -0.15) is 5.10 Å². The van der Waals surface area contributed by atoms with Crippen LogP contribution in [0.1, 0.15) is 22.3 Å². The first kappa shape index (κ1) is 17.0. The lowest BCUT2D eigenvalue weighted by atomic mass is 10.0. The summed E-state index contributed by atoms with van der Waals surface area (Å²) in [5.74, 6) is 0.213. The van der Waals surface area contributed by atoms with Gasteiger partial charge in [0.1, 0.15) is 5.75 Å². The number of ether oxygens (including phenoxy) is 1. The van der Waals surface area contributed by atoms with E-state index in [4.69, 9.17) is 16.3 Å². The molecular weight excluding hydrogens is 312 g/mol. The van der Waals surface area contributed by atoms with Crippen LogP contribution in [0.15, 0.2) is 41.5 Å². The number of hydrogen-bond acceptors (Lipinski definition) is 3. The Kier molecular flexibility index (Phi) is 5.77. The molecule has 2 rings (SSSR count). The number of halogens is 1. The Balaban J connectivity index is 1.89. The Morgan fingerprint density at radius 2 is 1.91 bits per heavy atom. The molecular formula is C18H19ClN2O2. The lowest BCUT2D eigenvalue weighted by Crippen LogP contribution is -2.24. The van der Waals surface area contributed by atoms with E-state index in [2.05, 4.69) is 29.6 Å². The molecule has 120 valence electrons. The smallest absolute Gasteiger partial charge is 0.277 e. The van der Waals surface area contributed by atoms with Crippen LogP contribution in [0, 0.1) is 20.8 Å². The number of rotatable bonds is 5. The third kappa shape index (κ3) is 5.11.